The highest BCUT2D eigenvalue weighted by Gasteiger charge is 2.48. The molecule has 2 amide bonds. The maximum atomic E-state index is 14.2. The van der Waals surface area contributed by atoms with Crippen LogP contribution in [0.5, 0.6) is 0 Å². The Hall–Kier alpha value is -2.33. The predicted molar refractivity (Wildman–Crippen MR) is 162 cm³/mol. The minimum absolute atomic E-state index is 0.170. The third-order valence-electron chi connectivity index (χ3n) is 6.86. The van der Waals surface area contributed by atoms with E-state index in [1.807, 2.05) is 13.0 Å². The summed E-state index contributed by atoms with van der Waals surface area (Å²) >= 11 is 12.6. The largest absolute Gasteiger partial charge is 0.444 e. The van der Waals surface area contributed by atoms with E-state index in [9.17, 15) is 18.0 Å². The second-order valence-electron chi connectivity index (χ2n) is 12.2. The van der Waals surface area contributed by atoms with Crippen LogP contribution in [0.4, 0.5) is 4.79 Å². The molecule has 0 saturated carbocycles. The molecule has 1 heterocycles. The number of benzene rings is 2. The van der Waals surface area contributed by atoms with Crippen LogP contribution in [0.3, 0.4) is 0 Å². The van der Waals surface area contributed by atoms with Gasteiger partial charge in [0.2, 0.25) is 0 Å². The summed E-state index contributed by atoms with van der Waals surface area (Å²) in [5.41, 5.74) is 0.689. The number of amides is 2. The fraction of sp³-hybridized carbons (Fsp3) is 0.533. The zero-order valence-electron chi connectivity index (χ0n) is 24.6. The SMILES string of the molecule is CC[C@@H](CS(=O)(=O)C(C)(C)C)N1C(=O)[C@H](CNC(=O)OC(C)(C)C)O[C@H](c2cccc(Cl)c2)[C@H]1c1ccc(Cl)cc1. The molecule has 1 N–H and O–H groups in total. The van der Waals surface area contributed by atoms with Crippen molar-refractivity contribution in [3.8, 4) is 0 Å². The lowest BCUT2D eigenvalue weighted by Gasteiger charge is -2.48. The van der Waals surface area contributed by atoms with Gasteiger partial charge in [-0.3, -0.25) is 4.79 Å². The highest BCUT2D eigenvalue weighted by atomic mass is 35.5. The molecule has 4 atom stereocenters. The van der Waals surface area contributed by atoms with E-state index >= 15 is 0 Å². The lowest BCUT2D eigenvalue weighted by atomic mass is 9.90. The summed E-state index contributed by atoms with van der Waals surface area (Å²) < 4.78 is 37.6. The summed E-state index contributed by atoms with van der Waals surface area (Å²) in [4.78, 5) is 28.3. The van der Waals surface area contributed by atoms with Crippen molar-refractivity contribution in [2.24, 2.45) is 0 Å². The monoisotopic (exact) mass is 626 g/mol. The van der Waals surface area contributed by atoms with Crippen molar-refractivity contribution >= 4 is 45.0 Å². The van der Waals surface area contributed by atoms with Crippen LogP contribution in [0, 0.1) is 0 Å². The second kappa shape index (κ2) is 12.9. The number of morpholine rings is 1. The summed E-state index contributed by atoms with van der Waals surface area (Å²) in [6.07, 6.45) is -2.16. The molecule has 41 heavy (non-hydrogen) atoms. The van der Waals surface area contributed by atoms with Crippen LogP contribution < -0.4 is 5.32 Å². The number of nitrogens with zero attached hydrogens (tertiary/aromatic N) is 1. The van der Waals surface area contributed by atoms with Crippen LogP contribution in [0.25, 0.3) is 0 Å². The van der Waals surface area contributed by atoms with Crippen LogP contribution in [0.2, 0.25) is 10.0 Å². The molecule has 0 spiro atoms. The predicted octanol–water partition coefficient (Wildman–Crippen LogP) is 6.52. The molecule has 11 heteroatoms. The third-order valence-corrected chi connectivity index (χ3v) is 10.0. The van der Waals surface area contributed by atoms with Gasteiger partial charge in [0, 0.05) is 16.1 Å². The van der Waals surface area contributed by atoms with Gasteiger partial charge in [-0.05, 0) is 83.4 Å². The third kappa shape index (κ3) is 8.37. The van der Waals surface area contributed by atoms with Crippen molar-refractivity contribution in [2.75, 3.05) is 12.3 Å². The first-order valence-corrected chi connectivity index (χ1v) is 16.0. The fourth-order valence-corrected chi connectivity index (χ4v) is 6.36. The summed E-state index contributed by atoms with van der Waals surface area (Å²) in [6, 6.07) is 12.8. The van der Waals surface area contributed by atoms with Gasteiger partial charge in [0.15, 0.2) is 15.9 Å². The first kappa shape index (κ1) is 33.2. The molecule has 8 nitrogen and oxygen atoms in total. The van der Waals surface area contributed by atoms with Crippen molar-refractivity contribution in [2.45, 2.75) is 89.5 Å². The normalized spacial score (nSPS) is 21.0. The number of alkyl carbamates (subject to hydrolysis) is 1. The molecule has 2 aromatic carbocycles. The summed E-state index contributed by atoms with van der Waals surface area (Å²) in [7, 11) is -3.61. The summed E-state index contributed by atoms with van der Waals surface area (Å²) in [5.74, 6) is -0.674. The number of hydrogen-bond donors (Lipinski definition) is 1. The number of hydrogen-bond acceptors (Lipinski definition) is 6. The first-order chi connectivity index (χ1) is 18.9. The van der Waals surface area contributed by atoms with Crippen LogP contribution in [0.1, 0.15) is 78.2 Å². The van der Waals surface area contributed by atoms with Crippen molar-refractivity contribution in [3.05, 3.63) is 69.7 Å². The average Bonchev–Trinajstić information content (AvgIpc) is 2.85. The van der Waals surface area contributed by atoms with E-state index in [1.165, 1.54) is 0 Å². The van der Waals surface area contributed by atoms with Gasteiger partial charge in [-0.25, -0.2) is 13.2 Å². The molecule has 3 rings (SSSR count). The quantitative estimate of drug-likeness (QED) is 0.358. The van der Waals surface area contributed by atoms with Crippen molar-refractivity contribution in [3.63, 3.8) is 0 Å². The minimum atomic E-state index is -3.61. The number of nitrogens with one attached hydrogen (secondary N) is 1. The molecule has 1 aliphatic rings. The molecule has 226 valence electrons. The number of rotatable bonds is 8. The van der Waals surface area contributed by atoms with E-state index in [0.29, 0.717) is 22.0 Å². The van der Waals surface area contributed by atoms with Crippen molar-refractivity contribution in [1.29, 1.82) is 0 Å². The lowest BCUT2D eigenvalue weighted by molar-refractivity contribution is -0.177. The second-order valence-corrected chi connectivity index (χ2v) is 15.8. The number of halogens is 2. The Kier molecular flexibility index (Phi) is 10.4. The lowest BCUT2D eigenvalue weighted by Crippen LogP contribution is -2.59. The summed E-state index contributed by atoms with van der Waals surface area (Å²) in [6.45, 7) is 11.8. The van der Waals surface area contributed by atoms with E-state index in [2.05, 4.69) is 5.32 Å². The topological polar surface area (TPSA) is 102 Å². The van der Waals surface area contributed by atoms with E-state index in [0.717, 1.165) is 5.56 Å². The minimum Gasteiger partial charge on any atom is -0.444 e. The van der Waals surface area contributed by atoms with Gasteiger partial charge >= 0.3 is 6.09 Å². The Labute approximate surface area is 253 Å². The smallest absolute Gasteiger partial charge is 0.407 e. The van der Waals surface area contributed by atoms with E-state index in [4.69, 9.17) is 32.7 Å². The Morgan fingerprint density at radius 1 is 1.02 bits per heavy atom. The average molecular weight is 628 g/mol. The van der Waals surface area contributed by atoms with Gasteiger partial charge in [0.1, 0.15) is 11.7 Å². The molecular formula is C30H40Cl2N2O6S. The Morgan fingerprint density at radius 3 is 2.20 bits per heavy atom. The molecule has 1 aliphatic heterocycles. The molecule has 1 fully saturated rings. The Morgan fingerprint density at radius 2 is 1.66 bits per heavy atom. The molecule has 0 unspecified atom stereocenters. The van der Waals surface area contributed by atoms with Crippen LogP contribution in [-0.2, 0) is 24.1 Å². The van der Waals surface area contributed by atoms with E-state index < -0.39 is 56.5 Å². The zero-order valence-corrected chi connectivity index (χ0v) is 26.9. The molecule has 2 aromatic rings. The van der Waals surface area contributed by atoms with Gasteiger partial charge in [0.25, 0.3) is 5.91 Å². The Bertz CT molecular complexity index is 1340. The van der Waals surface area contributed by atoms with Gasteiger partial charge < -0.3 is 19.7 Å². The molecular weight excluding hydrogens is 587 g/mol. The number of sulfone groups is 1. The van der Waals surface area contributed by atoms with Crippen molar-refractivity contribution < 1.29 is 27.5 Å². The first-order valence-electron chi connectivity index (χ1n) is 13.6. The molecule has 0 radical (unpaired) electrons. The summed E-state index contributed by atoms with van der Waals surface area (Å²) in [5, 5.41) is 3.64. The molecule has 0 bridgehead atoms. The number of carbonyl (C=O) groups excluding carboxylic acids is 2. The van der Waals surface area contributed by atoms with E-state index in [1.54, 1.807) is 88.9 Å². The number of ether oxygens (including phenoxy) is 2. The molecule has 0 aliphatic carbocycles. The van der Waals surface area contributed by atoms with E-state index in [-0.39, 0.29) is 12.3 Å². The van der Waals surface area contributed by atoms with Gasteiger partial charge in [-0.15, -0.1) is 0 Å². The van der Waals surface area contributed by atoms with Crippen LogP contribution in [-0.4, -0.2) is 60.1 Å². The highest BCUT2D eigenvalue weighted by molar-refractivity contribution is 7.92. The van der Waals surface area contributed by atoms with Crippen LogP contribution in [0.15, 0.2) is 48.5 Å². The Balaban J connectivity index is 2.14. The van der Waals surface area contributed by atoms with Crippen LogP contribution >= 0.6 is 23.2 Å². The standard InChI is InChI=1S/C30H40Cl2N2O6S/c1-8-23(18-41(37,38)30(5,6)7)34-25(19-12-14-21(31)15-13-19)26(20-10-9-11-22(32)16-20)39-24(27(34)35)17-33-28(36)40-29(2,3)4/h9-16,23-26H,8,17-18H2,1-7H3,(H,33,36)/t23-,24-,25+,26+/m0/s1. The molecule has 1 saturated heterocycles. The van der Waals surface area contributed by atoms with Crippen molar-refractivity contribution in [1.82, 2.24) is 10.2 Å². The highest BCUT2D eigenvalue weighted by Crippen LogP contribution is 2.44. The van der Waals surface area contributed by atoms with Gasteiger partial charge in [-0.2, -0.15) is 0 Å². The fourth-order valence-electron chi connectivity index (χ4n) is 4.63. The van der Waals surface area contributed by atoms with Gasteiger partial charge in [0.05, 0.1) is 23.1 Å². The zero-order chi connectivity index (χ0) is 30.8. The van der Waals surface area contributed by atoms with Gasteiger partial charge in [-0.1, -0.05) is 54.4 Å². The maximum Gasteiger partial charge on any atom is 0.407 e. The number of carbonyl (C=O) groups is 2. The maximum absolute atomic E-state index is 14.2. The molecule has 0 aromatic heterocycles.